The molecule has 2 aromatic rings. The van der Waals surface area contributed by atoms with Gasteiger partial charge in [-0.15, -0.1) is 0 Å². The van der Waals surface area contributed by atoms with Crippen LogP contribution in [-0.4, -0.2) is 23.2 Å². The average Bonchev–Trinajstić information content (AvgIpc) is 2.46. The largest absolute Gasteiger partial charge is 0.486 e. The zero-order valence-corrected chi connectivity index (χ0v) is 11.4. The second kappa shape index (κ2) is 5.36. The SMILES string of the molecule is CCCc1cc(N)nc(-c2ccc3c(c2)OCCO3)n1. The Bertz CT molecular complexity index is 629. The summed E-state index contributed by atoms with van der Waals surface area (Å²) in [5, 5.41) is 0. The zero-order valence-electron chi connectivity index (χ0n) is 11.4. The Kier molecular flexibility index (Phi) is 3.41. The molecule has 5 heteroatoms. The Morgan fingerprint density at radius 3 is 2.70 bits per heavy atom. The third-order valence-corrected chi connectivity index (χ3v) is 3.11. The number of hydrogen-bond acceptors (Lipinski definition) is 5. The third-order valence-electron chi connectivity index (χ3n) is 3.11. The van der Waals surface area contributed by atoms with E-state index in [1.165, 1.54) is 0 Å². The van der Waals surface area contributed by atoms with Crippen LogP contribution in [-0.2, 0) is 6.42 Å². The van der Waals surface area contributed by atoms with Crippen molar-refractivity contribution in [3.63, 3.8) is 0 Å². The lowest BCUT2D eigenvalue weighted by Gasteiger charge is -2.18. The van der Waals surface area contributed by atoms with Crippen molar-refractivity contribution in [1.82, 2.24) is 9.97 Å². The molecule has 20 heavy (non-hydrogen) atoms. The highest BCUT2D eigenvalue weighted by Crippen LogP contribution is 2.33. The van der Waals surface area contributed by atoms with Gasteiger partial charge in [-0.3, -0.25) is 0 Å². The minimum Gasteiger partial charge on any atom is -0.486 e. The van der Waals surface area contributed by atoms with Crippen LogP contribution in [0.25, 0.3) is 11.4 Å². The number of nitrogens with zero attached hydrogens (tertiary/aromatic N) is 2. The number of aromatic nitrogens is 2. The van der Waals surface area contributed by atoms with Gasteiger partial charge in [0.05, 0.1) is 0 Å². The van der Waals surface area contributed by atoms with Crippen LogP contribution in [0.4, 0.5) is 5.82 Å². The van der Waals surface area contributed by atoms with E-state index in [0.717, 1.165) is 35.6 Å². The Balaban J connectivity index is 1.99. The predicted molar refractivity (Wildman–Crippen MR) is 76.9 cm³/mol. The van der Waals surface area contributed by atoms with Crippen molar-refractivity contribution in [2.45, 2.75) is 19.8 Å². The number of benzene rings is 1. The summed E-state index contributed by atoms with van der Waals surface area (Å²) in [7, 11) is 0. The number of aryl methyl sites for hydroxylation is 1. The highest BCUT2D eigenvalue weighted by Gasteiger charge is 2.14. The average molecular weight is 271 g/mol. The first-order chi connectivity index (χ1) is 9.76. The molecule has 1 aromatic carbocycles. The molecule has 1 aliphatic rings. The van der Waals surface area contributed by atoms with E-state index in [2.05, 4.69) is 16.9 Å². The fourth-order valence-corrected chi connectivity index (χ4v) is 2.21. The molecule has 2 heterocycles. The lowest BCUT2D eigenvalue weighted by molar-refractivity contribution is 0.171. The first kappa shape index (κ1) is 12.7. The van der Waals surface area contributed by atoms with Gasteiger partial charge < -0.3 is 15.2 Å². The van der Waals surface area contributed by atoms with Crippen molar-refractivity contribution in [1.29, 1.82) is 0 Å². The molecule has 0 aliphatic carbocycles. The second-order valence-corrected chi connectivity index (χ2v) is 4.72. The van der Waals surface area contributed by atoms with E-state index in [-0.39, 0.29) is 0 Å². The van der Waals surface area contributed by atoms with Gasteiger partial charge in [-0.1, -0.05) is 13.3 Å². The van der Waals surface area contributed by atoms with Crippen LogP contribution in [0.3, 0.4) is 0 Å². The molecule has 3 rings (SSSR count). The summed E-state index contributed by atoms with van der Waals surface area (Å²) < 4.78 is 11.1. The standard InChI is InChI=1S/C15H17N3O2/c1-2-3-11-9-14(16)18-15(17-11)10-4-5-12-13(8-10)20-7-6-19-12/h4-5,8-9H,2-3,6-7H2,1H3,(H2,16,17,18). The van der Waals surface area contributed by atoms with E-state index in [4.69, 9.17) is 15.2 Å². The van der Waals surface area contributed by atoms with Gasteiger partial charge in [0.15, 0.2) is 17.3 Å². The number of hydrogen-bond donors (Lipinski definition) is 1. The summed E-state index contributed by atoms with van der Waals surface area (Å²) >= 11 is 0. The van der Waals surface area contributed by atoms with Crippen LogP contribution < -0.4 is 15.2 Å². The molecular weight excluding hydrogens is 254 g/mol. The zero-order chi connectivity index (χ0) is 13.9. The molecule has 0 spiro atoms. The maximum absolute atomic E-state index is 5.86. The van der Waals surface area contributed by atoms with Gasteiger partial charge in [0, 0.05) is 17.3 Å². The summed E-state index contributed by atoms with van der Waals surface area (Å²) in [6.07, 6.45) is 1.92. The fraction of sp³-hybridized carbons (Fsp3) is 0.333. The molecule has 0 unspecified atom stereocenters. The highest BCUT2D eigenvalue weighted by atomic mass is 16.6. The molecule has 0 fully saturated rings. The molecule has 1 aliphatic heterocycles. The molecule has 0 amide bonds. The molecule has 0 bridgehead atoms. The Hall–Kier alpha value is -2.30. The minimum atomic E-state index is 0.494. The quantitative estimate of drug-likeness (QED) is 0.928. The van der Waals surface area contributed by atoms with E-state index in [1.807, 2.05) is 24.3 Å². The monoisotopic (exact) mass is 271 g/mol. The topological polar surface area (TPSA) is 70.3 Å². The van der Waals surface area contributed by atoms with Gasteiger partial charge >= 0.3 is 0 Å². The Labute approximate surface area is 117 Å². The molecule has 0 saturated carbocycles. The maximum Gasteiger partial charge on any atom is 0.162 e. The molecule has 0 saturated heterocycles. The van der Waals surface area contributed by atoms with Crippen molar-refractivity contribution < 1.29 is 9.47 Å². The van der Waals surface area contributed by atoms with E-state index in [1.54, 1.807) is 0 Å². The van der Waals surface area contributed by atoms with Gasteiger partial charge in [0.2, 0.25) is 0 Å². The second-order valence-electron chi connectivity index (χ2n) is 4.72. The van der Waals surface area contributed by atoms with Gasteiger partial charge in [0.1, 0.15) is 19.0 Å². The Morgan fingerprint density at radius 2 is 1.90 bits per heavy atom. The van der Waals surface area contributed by atoms with E-state index < -0.39 is 0 Å². The van der Waals surface area contributed by atoms with Crippen LogP contribution in [0.1, 0.15) is 19.0 Å². The number of fused-ring (bicyclic) bond motifs is 1. The van der Waals surface area contributed by atoms with Crippen molar-refractivity contribution in [3.05, 3.63) is 30.0 Å². The molecule has 104 valence electrons. The lowest BCUT2D eigenvalue weighted by Crippen LogP contribution is -2.15. The van der Waals surface area contributed by atoms with Gasteiger partial charge in [-0.25, -0.2) is 9.97 Å². The Morgan fingerprint density at radius 1 is 1.10 bits per heavy atom. The van der Waals surface area contributed by atoms with Gasteiger partial charge in [0.25, 0.3) is 0 Å². The predicted octanol–water partition coefficient (Wildman–Crippen LogP) is 2.45. The van der Waals surface area contributed by atoms with Crippen molar-refractivity contribution in [2.75, 3.05) is 18.9 Å². The molecule has 5 nitrogen and oxygen atoms in total. The van der Waals surface area contributed by atoms with Gasteiger partial charge in [-0.05, 0) is 24.6 Å². The number of nitrogens with two attached hydrogens (primary N) is 1. The van der Waals surface area contributed by atoms with Crippen LogP contribution in [0.15, 0.2) is 24.3 Å². The smallest absolute Gasteiger partial charge is 0.162 e. The summed E-state index contributed by atoms with van der Waals surface area (Å²) in [4.78, 5) is 8.86. The summed E-state index contributed by atoms with van der Waals surface area (Å²) in [5.41, 5.74) is 7.71. The van der Waals surface area contributed by atoms with Crippen LogP contribution in [0.2, 0.25) is 0 Å². The molecule has 2 N–H and O–H groups in total. The highest BCUT2D eigenvalue weighted by molar-refractivity contribution is 5.62. The van der Waals surface area contributed by atoms with Crippen molar-refractivity contribution >= 4 is 5.82 Å². The van der Waals surface area contributed by atoms with E-state index >= 15 is 0 Å². The van der Waals surface area contributed by atoms with Gasteiger partial charge in [-0.2, -0.15) is 0 Å². The maximum atomic E-state index is 5.86. The number of rotatable bonds is 3. The van der Waals surface area contributed by atoms with E-state index in [0.29, 0.717) is 24.9 Å². The van der Waals surface area contributed by atoms with E-state index in [9.17, 15) is 0 Å². The molecule has 1 aromatic heterocycles. The van der Waals surface area contributed by atoms with Crippen molar-refractivity contribution in [3.8, 4) is 22.9 Å². The minimum absolute atomic E-state index is 0.494. The summed E-state index contributed by atoms with van der Waals surface area (Å²) in [6.45, 7) is 3.26. The summed E-state index contributed by atoms with van der Waals surface area (Å²) in [6, 6.07) is 7.54. The lowest BCUT2D eigenvalue weighted by atomic mass is 10.1. The molecule has 0 atom stereocenters. The first-order valence-corrected chi connectivity index (χ1v) is 6.79. The molecular formula is C15H17N3O2. The third kappa shape index (κ3) is 2.52. The normalized spacial score (nSPS) is 13.2. The number of ether oxygens (including phenoxy) is 2. The van der Waals surface area contributed by atoms with Crippen molar-refractivity contribution in [2.24, 2.45) is 0 Å². The molecule has 0 radical (unpaired) electrons. The van der Waals surface area contributed by atoms with Crippen LogP contribution in [0.5, 0.6) is 11.5 Å². The fourth-order valence-electron chi connectivity index (χ4n) is 2.21. The number of anilines is 1. The number of nitrogen functional groups attached to an aromatic ring is 1. The first-order valence-electron chi connectivity index (χ1n) is 6.79. The summed E-state index contributed by atoms with van der Waals surface area (Å²) in [5.74, 6) is 2.62. The van der Waals surface area contributed by atoms with Crippen LogP contribution >= 0.6 is 0 Å². The van der Waals surface area contributed by atoms with Crippen LogP contribution in [0, 0.1) is 0 Å².